The van der Waals surface area contributed by atoms with Crippen molar-refractivity contribution in [1.29, 1.82) is 0 Å². The van der Waals surface area contributed by atoms with Gasteiger partial charge in [0, 0.05) is 18.4 Å². The molecule has 1 amide bonds. The van der Waals surface area contributed by atoms with Crippen molar-refractivity contribution >= 4 is 17.4 Å². The minimum absolute atomic E-state index is 0.0290. The van der Waals surface area contributed by atoms with Crippen molar-refractivity contribution in [3.8, 4) is 0 Å². The molecule has 2 N–H and O–H groups in total. The first kappa shape index (κ1) is 19.5. The number of anilines is 1. The van der Waals surface area contributed by atoms with E-state index in [1.54, 1.807) is 6.07 Å². The summed E-state index contributed by atoms with van der Waals surface area (Å²) >= 11 is 0. The second kappa shape index (κ2) is 8.03. The van der Waals surface area contributed by atoms with Crippen LogP contribution in [0.3, 0.4) is 0 Å². The van der Waals surface area contributed by atoms with Crippen LogP contribution in [0.5, 0.6) is 0 Å². The number of carbonyl (C=O) groups is 2. The van der Waals surface area contributed by atoms with Gasteiger partial charge in [0.2, 0.25) is 5.91 Å². The van der Waals surface area contributed by atoms with E-state index in [-0.39, 0.29) is 24.3 Å². The third-order valence-corrected chi connectivity index (χ3v) is 3.84. The van der Waals surface area contributed by atoms with Crippen LogP contribution >= 0.6 is 0 Å². The van der Waals surface area contributed by atoms with E-state index in [1.807, 2.05) is 26.0 Å². The quantitative estimate of drug-likeness (QED) is 0.589. The van der Waals surface area contributed by atoms with Gasteiger partial charge in [-0.25, -0.2) is 0 Å². The van der Waals surface area contributed by atoms with E-state index in [1.165, 1.54) is 18.2 Å². The number of Topliss-reactive ketones (excluding diaryl/α,β-unsaturated/α-hetero) is 1. The van der Waals surface area contributed by atoms with Crippen molar-refractivity contribution in [2.45, 2.75) is 32.9 Å². The number of amides is 1. The molecule has 0 aliphatic heterocycles. The molecule has 0 fully saturated rings. The van der Waals surface area contributed by atoms with Gasteiger partial charge in [0.05, 0.1) is 11.3 Å². The number of aryl methyl sites for hydroxylation is 2. The smallest absolute Gasteiger partial charge is 0.298 e. The summed E-state index contributed by atoms with van der Waals surface area (Å²) < 4.78 is 38.7. The van der Waals surface area contributed by atoms with Gasteiger partial charge >= 0.3 is 6.18 Å². The van der Waals surface area contributed by atoms with E-state index in [0.717, 1.165) is 17.2 Å². The molecule has 0 spiro atoms. The molecule has 0 saturated carbocycles. The van der Waals surface area contributed by atoms with E-state index >= 15 is 0 Å². The third kappa shape index (κ3) is 5.08. The number of hydrazine groups is 1. The summed E-state index contributed by atoms with van der Waals surface area (Å²) in [5, 5.41) is 0. The third-order valence-electron chi connectivity index (χ3n) is 3.84. The first-order valence-electron chi connectivity index (χ1n) is 8.00. The summed E-state index contributed by atoms with van der Waals surface area (Å²) in [6.45, 7) is 3.67. The fourth-order valence-electron chi connectivity index (χ4n) is 2.44. The molecule has 138 valence electrons. The number of halogens is 3. The largest absolute Gasteiger partial charge is 0.418 e. The molecule has 26 heavy (non-hydrogen) atoms. The summed E-state index contributed by atoms with van der Waals surface area (Å²) in [4.78, 5) is 24.1. The molecular weight excluding hydrogens is 345 g/mol. The van der Waals surface area contributed by atoms with E-state index in [4.69, 9.17) is 0 Å². The number of benzene rings is 2. The number of ketones is 1. The predicted octanol–water partition coefficient (Wildman–Crippen LogP) is 4.43. The molecular formula is C19H19F3N2O2. The molecule has 0 aromatic heterocycles. The van der Waals surface area contributed by atoms with Crippen LogP contribution in [0.1, 0.15) is 39.9 Å². The van der Waals surface area contributed by atoms with Gasteiger partial charge in [-0.2, -0.15) is 13.2 Å². The van der Waals surface area contributed by atoms with Gasteiger partial charge in [-0.15, -0.1) is 0 Å². The van der Waals surface area contributed by atoms with Gasteiger partial charge in [-0.3, -0.25) is 20.4 Å². The highest BCUT2D eigenvalue weighted by molar-refractivity contribution is 5.99. The van der Waals surface area contributed by atoms with E-state index in [0.29, 0.717) is 5.56 Å². The van der Waals surface area contributed by atoms with Crippen LogP contribution in [-0.4, -0.2) is 11.7 Å². The summed E-state index contributed by atoms with van der Waals surface area (Å²) in [6.07, 6.45) is -4.70. The second-order valence-corrected chi connectivity index (χ2v) is 5.96. The zero-order valence-electron chi connectivity index (χ0n) is 14.4. The molecule has 0 heterocycles. The fourth-order valence-corrected chi connectivity index (χ4v) is 2.44. The Morgan fingerprint density at radius 1 is 1.00 bits per heavy atom. The highest BCUT2D eigenvalue weighted by Gasteiger charge is 2.33. The lowest BCUT2D eigenvalue weighted by molar-refractivity contribution is -0.137. The molecule has 2 aromatic carbocycles. The molecule has 0 saturated heterocycles. The summed E-state index contributed by atoms with van der Waals surface area (Å²) in [7, 11) is 0. The molecule has 2 rings (SSSR count). The Bertz CT molecular complexity index is 817. The van der Waals surface area contributed by atoms with E-state index < -0.39 is 17.6 Å². The average molecular weight is 364 g/mol. The lowest BCUT2D eigenvalue weighted by Crippen LogP contribution is -2.30. The summed E-state index contributed by atoms with van der Waals surface area (Å²) in [5.74, 6) is -0.752. The van der Waals surface area contributed by atoms with Crippen molar-refractivity contribution in [2.75, 3.05) is 5.43 Å². The second-order valence-electron chi connectivity index (χ2n) is 5.96. The normalized spacial score (nSPS) is 11.1. The number of rotatable bonds is 6. The zero-order chi connectivity index (χ0) is 19.3. The van der Waals surface area contributed by atoms with Gasteiger partial charge < -0.3 is 0 Å². The molecule has 0 radical (unpaired) electrons. The van der Waals surface area contributed by atoms with Crippen molar-refractivity contribution < 1.29 is 22.8 Å². The lowest BCUT2D eigenvalue weighted by Gasteiger charge is -2.15. The highest BCUT2D eigenvalue weighted by Crippen LogP contribution is 2.34. The van der Waals surface area contributed by atoms with E-state index in [2.05, 4.69) is 10.9 Å². The monoisotopic (exact) mass is 364 g/mol. The van der Waals surface area contributed by atoms with Gasteiger partial charge in [-0.05, 0) is 37.6 Å². The molecule has 4 nitrogen and oxygen atoms in total. The Morgan fingerprint density at radius 2 is 1.69 bits per heavy atom. The Balaban J connectivity index is 1.92. The number of hydrogen-bond donors (Lipinski definition) is 2. The van der Waals surface area contributed by atoms with Crippen LogP contribution in [0.2, 0.25) is 0 Å². The van der Waals surface area contributed by atoms with Crippen molar-refractivity contribution in [1.82, 2.24) is 5.43 Å². The minimum Gasteiger partial charge on any atom is -0.298 e. The first-order valence-corrected chi connectivity index (χ1v) is 8.00. The number of nitrogens with one attached hydrogen (secondary N) is 2. The number of para-hydroxylation sites is 1. The Morgan fingerprint density at radius 3 is 2.38 bits per heavy atom. The van der Waals surface area contributed by atoms with Crippen LogP contribution in [0.4, 0.5) is 18.9 Å². The van der Waals surface area contributed by atoms with Gasteiger partial charge in [0.1, 0.15) is 0 Å². The van der Waals surface area contributed by atoms with E-state index in [9.17, 15) is 22.8 Å². The van der Waals surface area contributed by atoms with Crippen LogP contribution in [0.15, 0.2) is 42.5 Å². The van der Waals surface area contributed by atoms with Crippen LogP contribution in [-0.2, 0) is 11.0 Å². The molecule has 7 heteroatoms. The maximum Gasteiger partial charge on any atom is 0.418 e. The number of alkyl halides is 3. The lowest BCUT2D eigenvalue weighted by atomic mass is 9.99. The van der Waals surface area contributed by atoms with Crippen LogP contribution in [0.25, 0.3) is 0 Å². The average Bonchev–Trinajstić information content (AvgIpc) is 2.59. The zero-order valence-corrected chi connectivity index (χ0v) is 14.4. The van der Waals surface area contributed by atoms with Crippen molar-refractivity contribution in [3.05, 3.63) is 64.7 Å². The van der Waals surface area contributed by atoms with Gasteiger partial charge in [0.25, 0.3) is 0 Å². The number of hydrogen-bond acceptors (Lipinski definition) is 3. The van der Waals surface area contributed by atoms with Gasteiger partial charge in [-0.1, -0.05) is 29.8 Å². The first-order chi connectivity index (χ1) is 12.2. The van der Waals surface area contributed by atoms with Gasteiger partial charge in [0.15, 0.2) is 5.78 Å². The summed E-state index contributed by atoms with van der Waals surface area (Å²) in [6, 6.07) is 10.3. The maximum atomic E-state index is 12.9. The van der Waals surface area contributed by atoms with Crippen molar-refractivity contribution in [2.24, 2.45) is 0 Å². The van der Waals surface area contributed by atoms with Crippen LogP contribution in [0, 0.1) is 13.8 Å². The standard InChI is InChI=1S/C19H19F3N2O2/c1-12-7-8-13(2)14(11-12)17(25)9-10-18(26)24-23-16-6-4-3-5-15(16)19(20,21)22/h3-8,11,23H,9-10H2,1-2H3,(H,24,26). The molecule has 0 aliphatic rings. The fraction of sp³-hybridized carbons (Fsp3) is 0.263. The molecule has 2 aromatic rings. The minimum atomic E-state index is -4.53. The van der Waals surface area contributed by atoms with Crippen LogP contribution < -0.4 is 10.9 Å². The molecule has 0 unspecified atom stereocenters. The highest BCUT2D eigenvalue weighted by atomic mass is 19.4. The molecule has 0 atom stereocenters. The topological polar surface area (TPSA) is 58.2 Å². The SMILES string of the molecule is Cc1ccc(C)c(C(=O)CCC(=O)NNc2ccccc2C(F)(F)F)c1. The molecule has 0 bridgehead atoms. The Kier molecular flexibility index (Phi) is 6.02. The predicted molar refractivity (Wildman–Crippen MR) is 92.7 cm³/mol. The Labute approximate surface area is 149 Å². The Hall–Kier alpha value is -2.83. The summed E-state index contributed by atoms with van der Waals surface area (Å²) in [5.41, 5.74) is 5.64. The number of carbonyl (C=O) groups excluding carboxylic acids is 2. The maximum absolute atomic E-state index is 12.9. The van der Waals surface area contributed by atoms with Crippen molar-refractivity contribution in [3.63, 3.8) is 0 Å². The molecule has 0 aliphatic carbocycles.